The first kappa shape index (κ1) is 18.6. The molecule has 144 valence electrons. The molecule has 0 radical (unpaired) electrons. The second kappa shape index (κ2) is 7.72. The zero-order valence-corrected chi connectivity index (χ0v) is 16.6. The molecule has 0 amide bonds. The number of hydrogen-bond acceptors (Lipinski definition) is 8. The molecule has 0 fully saturated rings. The first-order valence-corrected chi connectivity index (χ1v) is 10.2. The fourth-order valence-corrected chi connectivity index (χ4v) is 4.09. The Labute approximate surface area is 167 Å². The van der Waals surface area contributed by atoms with E-state index in [1.54, 1.807) is 23.5 Å². The molecule has 10 heteroatoms. The van der Waals surface area contributed by atoms with E-state index in [0.29, 0.717) is 21.6 Å². The molecular formula is C18H15FN4O3S2. The number of rotatable bonds is 6. The van der Waals surface area contributed by atoms with Gasteiger partial charge in [-0.25, -0.2) is 9.37 Å². The van der Waals surface area contributed by atoms with E-state index < -0.39 is 11.9 Å². The Morgan fingerprint density at radius 3 is 3.00 bits per heavy atom. The summed E-state index contributed by atoms with van der Waals surface area (Å²) < 4.78 is 26.4. The lowest BCUT2D eigenvalue weighted by molar-refractivity contribution is 0.174. The van der Waals surface area contributed by atoms with Crippen LogP contribution in [0.15, 0.2) is 50.1 Å². The number of para-hydroxylation sites is 1. The standard InChI is InChI=1S/C18H15FN4O3S2/c1-10-8-27-17-20-12(7-15(24)23(10)17)9-28-18-22-21-16(26-18)11(2)25-14-6-4-3-5-13(14)19/h3-8,11H,9H2,1-2H3/t11-/m0/s1. The van der Waals surface area contributed by atoms with Gasteiger partial charge in [0, 0.05) is 22.9 Å². The summed E-state index contributed by atoms with van der Waals surface area (Å²) in [5, 5.41) is 10.1. The molecule has 7 nitrogen and oxygen atoms in total. The zero-order chi connectivity index (χ0) is 19.7. The molecule has 0 N–H and O–H groups in total. The molecule has 3 heterocycles. The molecule has 4 rings (SSSR count). The number of thioether (sulfide) groups is 1. The minimum Gasteiger partial charge on any atom is -0.478 e. The van der Waals surface area contributed by atoms with E-state index in [2.05, 4.69) is 15.2 Å². The maximum Gasteiger partial charge on any atom is 0.277 e. The monoisotopic (exact) mass is 418 g/mol. The van der Waals surface area contributed by atoms with E-state index in [1.807, 2.05) is 12.3 Å². The Morgan fingerprint density at radius 2 is 2.18 bits per heavy atom. The summed E-state index contributed by atoms with van der Waals surface area (Å²) in [6.45, 7) is 3.56. The molecule has 0 spiro atoms. The molecule has 0 aliphatic heterocycles. The van der Waals surface area contributed by atoms with Crippen molar-refractivity contribution in [2.75, 3.05) is 0 Å². The van der Waals surface area contributed by atoms with Crippen LogP contribution in [0, 0.1) is 12.7 Å². The van der Waals surface area contributed by atoms with E-state index in [4.69, 9.17) is 9.15 Å². The molecule has 0 bridgehead atoms. The van der Waals surface area contributed by atoms with Gasteiger partial charge >= 0.3 is 0 Å². The number of thiazole rings is 1. The second-order valence-corrected chi connectivity index (χ2v) is 7.73. The zero-order valence-electron chi connectivity index (χ0n) is 15.0. The van der Waals surface area contributed by atoms with Crippen molar-refractivity contribution >= 4 is 28.1 Å². The Kier molecular flexibility index (Phi) is 5.14. The molecule has 0 aliphatic carbocycles. The third-order valence-electron chi connectivity index (χ3n) is 3.88. The summed E-state index contributed by atoms with van der Waals surface area (Å²) in [6, 6.07) is 7.62. The van der Waals surface area contributed by atoms with Crippen LogP contribution in [-0.4, -0.2) is 19.6 Å². The van der Waals surface area contributed by atoms with Gasteiger partial charge < -0.3 is 9.15 Å². The smallest absolute Gasteiger partial charge is 0.277 e. The van der Waals surface area contributed by atoms with Gasteiger partial charge in [0.2, 0.25) is 0 Å². The Hall–Kier alpha value is -2.72. The first-order chi connectivity index (χ1) is 13.5. The van der Waals surface area contributed by atoms with Crippen LogP contribution in [0.25, 0.3) is 4.96 Å². The van der Waals surface area contributed by atoms with Crippen molar-refractivity contribution < 1.29 is 13.5 Å². The minimum atomic E-state index is -0.605. The van der Waals surface area contributed by atoms with Crippen LogP contribution < -0.4 is 10.3 Å². The lowest BCUT2D eigenvalue weighted by Crippen LogP contribution is -2.14. The van der Waals surface area contributed by atoms with Gasteiger partial charge in [-0.05, 0) is 26.0 Å². The van der Waals surface area contributed by atoms with Crippen LogP contribution >= 0.6 is 23.1 Å². The number of benzene rings is 1. The molecule has 28 heavy (non-hydrogen) atoms. The summed E-state index contributed by atoms with van der Waals surface area (Å²) in [7, 11) is 0. The average molecular weight is 418 g/mol. The van der Waals surface area contributed by atoms with Gasteiger partial charge in [-0.15, -0.1) is 21.5 Å². The van der Waals surface area contributed by atoms with E-state index in [1.165, 1.54) is 41.3 Å². The average Bonchev–Trinajstić information content (AvgIpc) is 3.29. The molecule has 0 aliphatic rings. The predicted octanol–water partition coefficient (Wildman–Crippen LogP) is 4.02. The maximum absolute atomic E-state index is 13.7. The minimum absolute atomic E-state index is 0.113. The molecule has 3 aromatic heterocycles. The summed E-state index contributed by atoms with van der Waals surface area (Å²) in [5.74, 6) is 0.308. The van der Waals surface area contributed by atoms with Crippen molar-refractivity contribution in [2.45, 2.75) is 30.9 Å². The second-order valence-electron chi connectivity index (χ2n) is 5.97. The first-order valence-electron chi connectivity index (χ1n) is 8.35. The highest BCUT2D eigenvalue weighted by Gasteiger charge is 2.18. The molecule has 0 unspecified atom stereocenters. The normalized spacial score (nSPS) is 12.4. The van der Waals surface area contributed by atoms with Crippen LogP contribution in [0.5, 0.6) is 5.75 Å². The molecule has 0 saturated carbocycles. The predicted molar refractivity (Wildman–Crippen MR) is 103 cm³/mol. The van der Waals surface area contributed by atoms with Gasteiger partial charge in [0.05, 0.1) is 5.69 Å². The number of halogens is 1. The van der Waals surface area contributed by atoms with E-state index >= 15 is 0 Å². The Balaban J connectivity index is 1.44. The van der Waals surface area contributed by atoms with Crippen LogP contribution in [0.4, 0.5) is 4.39 Å². The van der Waals surface area contributed by atoms with Crippen molar-refractivity contribution in [1.82, 2.24) is 19.6 Å². The number of ether oxygens (including phenoxy) is 1. The highest BCUT2D eigenvalue weighted by atomic mass is 32.2. The van der Waals surface area contributed by atoms with Crippen LogP contribution in [0.3, 0.4) is 0 Å². The van der Waals surface area contributed by atoms with Gasteiger partial charge in [0.15, 0.2) is 22.6 Å². The van der Waals surface area contributed by atoms with Crippen molar-refractivity contribution in [3.8, 4) is 5.75 Å². The molecular weight excluding hydrogens is 403 g/mol. The third kappa shape index (κ3) is 3.78. The van der Waals surface area contributed by atoms with Crippen molar-refractivity contribution in [1.29, 1.82) is 0 Å². The van der Waals surface area contributed by atoms with Crippen molar-refractivity contribution in [3.63, 3.8) is 0 Å². The number of fused-ring (bicyclic) bond motifs is 1. The lowest BCUT2D eigenvalue weighted by atomic mass is 10.3. The van der Waals surface area contributed by atoms with E-state index in [-0.39, 0.29) is 17.2 Å². The number of hydrogen-bond donors (Lipinski definition) is 0. The van der Waals surface area contributed by atoms with Gasteiger partial charge in [0.1, 0.15) is 0 Å². The summed E-state index contributed by atoms with van der Waals surface area (Å²) in [4.78, 5) is 17.3. The van der Waals surface area contributed by atoms with Crippen molar-refractivity contribution in [3.05, 3.63) is 69.2 Å². The van der Waals surface area contributed by atoms with Crippen LogP contribution in [-0.2, 0) is 5.75 Å². The molecule has 1 atom stereocenters. The molecule has 1 aromatic carbocycles. The highest BCUT2D eigenvalue weighted by Crippen LogP contribution is 2.27. The van der Waals surface area contributed by atoms with E-state index in [0.717, 1.165) is 5.69 Å². The SMILES string of the molecule is Cc1csc2nc(CSc3nnc([C@H](C)Oc4ccccc4F)o3)cc(=O)n12. The summed E-state index contributed by atoms with van der Waals surface area (Å²) in [5.41, 5.74) is 1.38. The van der Waals surface area contributed by atoms with Gasteiger partial charge in [0.25, 0.3) is 16.7 Å². The van der Waals surface area contributed by atoms with Gasteiger partial charge in [-0.2, -0.15) is 0 Å². The number of aryl methyl sites for hydroxylation is 1. The quantitative estimate of drug-likeness (QED) is 0.437. The number of aromatic nitrogens is 4. The highest BCUT2D eigenvalue weighted by molar-refractivity contribution is 7.98. The summed E-state index contributed by atoms with van der Waals surface area (Å²) in [6.07, 6.45) is -0.605. The lowest BCUT2D eigenvalue weighted by Gasteiger charge is -2.11. The van der Waals surface area contributed by atoms with E-state index in [9.17, 15) is 9.18 Å². The number of nitrogens with zero attached hydrogens (tertiary/aromatic N) is 4. The largest absolute Gasteiger partial charge is 0.478 e. The van der Waals surface area contributed by atoms with Crippen LogP contribution in [0.2, 0.25) is 0 Å². The Morgan fingerprint density at radius 1 is 1.36 bits per heavy atom. The molecule has 0 saturated heterocycles. The van der Waals surface area contributed by atoms with Gasteiger partial charge in [-0.3, -0.25) is 9.20 Å². The third-order valence-corrected chi connectivity index (χ3v) is 5.68. The van der Waals surface area contributed by atoms with Gasteiger partial charge in [-0.1, -0.05) is 23.9 Å². The van der Waals surface area contributed by atoms with Crippen LogP contribution in [0.1, 0.15) is 30.3 Å². The Bertz CT molecular complexity index is 1190. The fourth-order valence-electron chi connectivity index (χ4n) is 2.53. The fraction of sp³-hybridized carbons (Fsp3) is 0.222. The summed E-state index contributed by atoms with van der Waals surface area (Å²) >= 11 is 2.69. The maximum atomic E-state index is 13.7. The topological polar surface area (TPSA) is 82.5 Å². The molecule has 4 aromatic rings. The van der Waals surface area contributed by atoms with Crippen molar-refractivity contribution in [2.24, 2.45) is 0 Å².